The standard InChI is InChI=1S/C54H66FN6O8PSi/c1-36(2)61(37(3)4)70(66-32-18-31-56)68-47-45(34-65-54(39-21-16-13-17-22-39,40-23-27-42(63-8)28-24-40)41-25-29-43(64-9)30-26-41)67-52(48(47)69-71(10,11)53(5,6)7)60-33-44(55)46-49(57-35-58-50(46)60)59-51(62)38-19-14-12-15-20-38/h12-17,19-30,33,35-37,45,47-48,52H,18,32,34H2,1-11H3,(H,57,58,59,62)/t45-,47-,48-,52-,70?/m0/s1. The summed E-state index contributed by atoms with van der Waals surface area (Å²) in [5, 5.41) is 12.2. The zero-order chi connectivity index (χ0) is 51.1. The van der Waals surface area contributed by atoms with E-state index in [1.807, 2.05) is 84.9 Å². The number of carbonyl (C=O) groups excluding carboxylic acids is 1. The molecule has 14 nitrogen and oxygen atoms in total. The van der Waals surface area contributed by atoms with Crippen molar-refractivity contribution in [1.82, 2.24) is 19.2 Å². The number of nitrogens with one attached hydrogen (secondary N) is 1. The number of carbonyl (C=O) groups is 1. The molecular weight excluding hydrogens is 939 g/mol. The molecule has 0 radical (unpaired) electrons. The van der Waals surface area contributed by atoms with Gasteiger partial charge in [0.05, 0.1) is 45.3 Å². The molecule has 1 saturated heterocycles. The number of anilines is 1. The Morgan fingerprint density at radius 3 is 1.96 bits per heavy atom. The summed E-state index contributed by atoms with van der Waals surface area (Å²) >= 11 is 0. The van der Waals surface area contributed by atoms with Crippen molar-refractivity contribution < 1.29 is 41.6 Å². The van der Waals surface area contributed by atoms with Crippen LogP contribution in [-0.4, -0.2) is 91.3 Å². The molecule has 6 aromatic rings. The van der Waals surface area contributed by atoms with Gasteiger partial charge in [0.1, 0.15) is 47.6 Å². The molecule has 1 aliphatic heterocycles. The van der Waals surface area contributed by atoms with Crippen LogP contribution in [0.4, 0.5) is 10.2 Å². The van der Waals surface area contributed by atoms with Gasteiger partial charge in [-0.3, -0.25) is 4.79 Å². The number of hydrogen-bond donors (Lipinski definition) is 1. The van der Waals surface area contributed by atoms with Gasteiger partial charge in [-0.15, -0.1) is 0 Å². The SMILES string of the molecule is COc1ccc(C(OC[C@@H]2O[C@H](n3cc(F)c4c(NC(=O)c5ccccc5)ncnc43)[C@@H](O[Si](C)(C)C(C)(C)C)[C@H]2OP(OCCC#N)N(C(C)C)C(C)C)(c2ccccc2)c2ccc(OC)cc2)cc1. The molecular formula is C54H66FN6O8PSi. The minimum Gasteiger partial charge on any atom is -0.497 e. The molecule has 5 atom stereocenters. The zero-order valence-electron chi connectivity index (χ0n) is 42.5. The summed E-state index contributed by atoms with van der Waals surface area (Å²) in [4.78, 5) is 22.4. The molecule has 17 heteroatoms. The maximum Gasteiger partial charge on any atom is 0.259 e. The van der Waals surface area contributed by atoms with Crippen LogP contribution >= 0.6 is 8.53 Å². The molecule has 0 spiro atoms. The van der Waals surface area contributed by atoms with Crippen molar-refractivity contribution in [2.45, 2.75) is 115 Å². The summed E-state index contributed by atoms with van der Waals surface area (Å²) in [5.74, 6) is 0.215. The maximum absolute atomic E-state index is 16.8. The Kier molecular flexibility index (Phi) is 17.1. The summed E-state index contributed by atoms with van der Waals surface area (Å²) in [6, 6.07) is 36.3. The number of hydrogen-bond acceptors (Lipinski definition) is 12. The Hall–Kier alpha value is -5.60. The Labute approximate surface area is 419 Å². The summed E-state index contributed by atoms with van der Waals surface area (Å²) in [5.41, 5.74) is 1.76. The predicted molar refractivity (Wildman–Crippen MR) is 276 cm³/mol. The molecule has 1 fully saturated rings. The third kappa shape index (κ3) is 11.5. The van der Waals surface area contributed by atoms with Gasteiger partial charge in [0.25, 0.3) is 14.4 Å². The van der Waals surface area contributed by atoms with Crippen LogP contribution in [0.25, 0.3) is 11.0 Å². The van der Waals surface area contributed by atoms with Crippen LogP contribution in [0.3, 0.4) is 0 Å². The minimum absolute atomic E-state index is 0.00129. The topological polar surface area (TPSA) is 151 Å². The highest BCUT2D eigenvalue weighted by Crippen LogP contribution is 2.53. The molecule has 0 saturated carbocycles. The Morgan fingerprint density at radius 1 is 0.859 bits per heavy atom. The number of benzene rings is 4. The Bertz CT molecular complexity index is 2680. The summed E-state index contributed by atoms with van der Waals surface area (Å²) < 4.78 is 68.1. The number of ether oxygens (including phenoxy) is 4. The van der Waals surface area contributed by atoms with E-state index in [0.29, 0.717) is 17.1 Å². The second-order valence-electron chi connectivity index (χ2n) is 19.5. The van der Waals surface area contributed by atoms with Gasteiger partial charge < -0.3 is 42.3 Å². The van der Waals surface area contributed by atoms with Crippen molar-refractivity contribution in [2.75, 3.05) is 32.8 Å². The summed E-state index contributed by atoms with van der Waals surface area (Å²) in [6.07, 6.45) is -1.04. The normalized spacial score (nSPS) is 18.0. The predicted octanol–water partition coefficient (Wildman–Crippen LogP) is 11.8. The van der Waals surface area contributed by atoms with Crippen LogP contribution < -0.4 is 14.8 Å². The summed E-state index contributed by atoms with van der Waals surface area (Å²) in [7, 11) is -1.38. The number of amides is 1. The average molecular weight is 1010 g/mol. The first kappa shape index (κ1) is 53.2. The van der Waals surface area contributed by atoms with Crippen LogP contribution in [0.1, 0.15) is 88.2 Å². The van der Waals surface area contributed by atoms with E-state index in [4.69, 9.17) is 32.4 Å². The van der Waals surface area contributed by atoms with E-state index in [1.54, 1.807) is 43.1 Å². The van der Waals surface area contributed by atoms with E-state index in [2.05, 4.69) is 87.6 Å². The Morgan fingerprint density at radius 2 is 1.42 bits per heavy atom. The highest BCUT2D eigenvalue weighted by Gasteiger charge is 2.54. The molecule has 1 amide bonds. The van der Waals surface area contributed by atoms with Gasteiger partial charge in [0, 0.05) is 23.8 Å². The molecule has 0 aliphatic carbocycles. The lowest BCUT2D eigenvalue weighted by atomic mass is 9.80. The van der Waals surface area contributed by atoms with Crippen LogP contribution in [0.2, 0.25) is 18.1 Å². The molecule has 376 valence electrons. The fraction of sp³-hybridized carbons (Fsp3) is 0.407. The van der Waals surface area contributed by atoms with Gasteiger partial charge in [-0.2, -0.15) is 5.26 Å². The fourth-order valence-electron chi connectivity index (χ4n) is 8.61. The number of aromatic nitrogens is 3. The van der Waals surface area contributed by atoms with Gasteiger partial charge in [-0.1, -0.05) is 93.6 Å². The molecule has 1 N–H and O–H groups in total. The molecule has 3 heterocycles. The van der Waals surface area contributed by atoms with Gasteiger partial charge in [-0.05, 0) is 98.9 Å². The summed E-state index contributed by atoms with van der Waals surface area (Å²) in [6.45, 7) is 19.1. The first-order valence-corrected chi connectivity index (χ1v) is 27.9. The van der Waals surface area contributed by atoms with E-state index in [-0.39, 0.29) is 53.6 Å². The van der Waals surface area contributed by atoms with Crippen LogP contribution in [0, 0.1) is 17.1 Å². The number of fused-ring (bicyclic) bond motifs is 1. The number of nitrogens with zero attached hydrogens (tertiary/aromatic N) is 5. The maximum atomic E-state index is 16.8. The molecule has 1 aliphatic rings. The quantitative estimate of drug-likeness (QED) is 0.0316. The van der Waals surface area contributed by atoms with Crippen molar-refractivity contribution in [1.29, 1.82) is 5.26 Å². The minimum atomic E-state index is -2.75. The van der Waals surface area contributed by atoms with E-state index >= 15 is 4.39 Å². The Balaban J connectivity index is 1.43. The first-order valence-electron chi connectivity index (χ1n) is 23.9. The van der Waals surface area contributed by atoms with Gasteiger partial charge in [0.15, 0.2) is 26.0 Å². The van der Waals surface area contributed by atoms with Gasteiger partial charge in [-0.25, -0.2) is 19.0 Å². The average Bonchev–Trinajstić information content (AvgIpc) is 3.87. The van der Waals surface area contributed by atoms with E-state index < -0.39 is 58.7 Å². The second-order valence-corrected chi connectivity index (χ2v) is 25.6. The highest BCUT2D eigenvalue weighted by molar-refractivity contribution is 7.44. The van der Waals surface area contributed by atoms with Crippen molar-refractivity contribution in [3.63, 3.8) is 0 Å². The molecule has 2 aromatic heterocycles. The monoisotopic (exact) mass is 1000 g/mol. The highest BCUT2D eigenvalue weighted by atomic mass is 31.2. The molecule has 4 aromatic carbocycles. The lowest BCUT2D eigenvalue weighted by molar-refractivity contribution is -0.0926. The van der Waals surface area contributed by atoms with E-state index in [1.165, 1.54) is 12.5 Å². The van der Waals surface area contributed by atoms with E-state index in [0.717, 1.165) is 16.7 Å². The first-order chi connectivity index (χ1) is 33.9. The van der Waals surface area contributed by atoms with Crippen molar-refractivity contribution in [2.24, 2.45) is 0 Å². The molecule has 7 rings (SSSR count). The van der Waals surface area contributed by atoms with Crippen LogP contribution in [0.15, 0.2) is 122 Å². The van der Waals surface area contributed by atoms with Crippen molar-refractivity contribution in [3.8, 4) is 17.6 Å². The zero-order valence-corrected chi connectivity index (χ0v) is 44.4. The lowest BCUT2D eigenvalue weighted by Gasteiger charge is -2.42. The number of methoxy groups -OCH3 is 2. The lowest BCUT2D eigenvalue weighted by Crippen LogP contribution is -2.50. The number of nitriles is 1. The van der Waals surface area contributed by atoms with E-state index in [9.17, 15) is 10.1 Å². The van der Waals surface area contributed by atoms with Crippen LogP contribution in [-0.2, 0) is 28.5 Å². The molecule has 0 bridgehead atoms. The second kappa shape index (κ2) is 22.9. The van der Waals surface area contributed by atoms with Crippen molar-refractivity contribution in [3.05, 3.63) is 150 Å². The largest absolute Gasteiger partial charge is 0.497 e. The van der Waals surface area contributed by atoms with Gasteiger partial charge >= 0.3 is 0 Å². The molecule has 71 heavy (non-hydrogen) atoms. The fourth-order valence-corrected chi connectivity index (χ4v) is 11.7. The third-order valence-electron chi connectivity index (χ3n) is 13.1. The molecule has 1 unspecified atom stereocenters. The third-order valence-corrected chi connectivity index (χ3v) is 19.7. The van der Waals surface area contributed by atoms with Crippen molar-refractivity contribution >= 4 is 39.6 Å². The van der Waals surface area contributed by atoms with Gasteiger partial charge in [0.2, 0.25) is 0 Å². The number of halogens is 1. The smallest absolute Gasteiger partial charge is 0.259 e. The van der Waals surface area contributed by atoms with Crippen LogP contribution in [0.5, 0.6) is 11.5 Å². The number of rotatable bonds is 21.